The third-order valence-electron chi connectivity index (χ3n) is 3.74. The normalized spacial score (nSPS) is 10.8. The average Bonchev–Trinajstić information content (AvgIpc) is 3.31. The van der Waals surface area contributed by atoms with Gasteiger partial charge in [0.05, 0.1) is 20.6 Å². The van der Waals surface area contributed by atoms with Crippen LogP contribution in [0.4, 0.5) is 9.93 Å². The van der Waals surface area contributed by atoms with E-state index in [0.717, 1.165) is 31.8 Å². The Labute approximate surface area is 158 Å². The van der Waals surface area contributed by atoms with Crippen molar-refractivity contribution in [1.29, 1.82) is 0 Å². The molecule has 0 saturated carbocycles. The van der Waals surface area contributed by atoms with Crippen LogP contribution >= 0.6 is 22.7 Å². The van der Waals surface area contributed by atoms with E-state index in [-0.39, 0.29) is 6.03 Å². The summed E-state index contributed by atoms with van der Waals surface area (Å²) >= 11 is 3.04. The number of hydrogen-bond donors (Lipinski definition) is 2. The molecule has 0 bridgehead atoms. The van der Waals surface area contributed by atoms with E-state index in [4.69, 9.17) is 0 Å². The van der Waals surface area contributed by atoms with Gasteiger partial charge in [0.15, 0.2) is 5.13 Å². The molecule has 4 rings (SSSR count). The summed E-state index contributed by atoms with van der Waals surface area (Å²) in [6.45, 7) is 2.44. The SMILES string of the molecule is CCNC(=O)Nc1nc2cc(-c3cccnc3)cc(-c3cncs3)c2s1. The van der Waals surface area contributed by atoms with Gasteiger partial charge in [-0.05, 0) is 30.7 Å². The zero-order valence-corrected chi connectivity index (χ0v) is 15.5. The van der Waals surface area contributed by atoms with Crippen molar-refractivity contribution < 1.29 is 4.79 Å². The Hall–Kier alpha value is -2.84. The molecular formula is C18H15N5OS2. The Bertz CT molecular complexity index is 1040. The first-order valence-corrected chi connectivity index (χ1v) is 9.73. The topological polar surface area (TPSA) is 79.8 Å². The Kier molecular flexibility index (Phi) is 4.59. The molecule has 0 saturated heterocycles. The van der Waals surface area contributed by atoms with Crippen LogP contribution in [0.25, 0.3) is 31.8 Å². The van der Waals surface area contributed by atoms with Gasteiger partial charge in [0.25, 0.3) is 0 Å². The van der Waals surface area contributed by atoms with Gasteiger partial charge in [-0.3, -0.25) is 15.3 Å². The molecule has 130 valence electrons. The molecule has 2 N–H and O–H groups in total. The first-order valence-electron chi connectivity index (χ1n) is 8.03. The van der Waals surface area contributed by atoms with Gasteiger partial charge in [0.1, 0.15) is 0 Å². The molecule has 2 amide bonds. The van der Waals surface area contributed by atoms with Crippen molar-refractivity contribution in [2.75, 3.05) is 11.9 Å². The molecule has 0 aliphatic rings. The Morgan fingerprint density at radius 1 is 1.19 bits per heavy atom. The number of pyridine rings is 1. The number of rotatable bonds is 4. The molecule has 26 heavy (non-hydrogen) atoms. The number of aromatic nitrogens is 3. The molecule has 3 heterocycles. The van der Waals surface area contributed by atoms with E-state index in [2.05, 4.69) is 31.7 Å². The lowest BCUT2D eigenvalue weighted by molar-refractivity contribution is 0.252. The van der Waals surface area contributed by atoms with E-state index < -0.39 is 0 Å². The Morgan fingerprint density at radius 3 is 2.85 bits per heavy atom. The molecule has 0 unspecified atom stereocenters. The predicted octanol–water partition coefficient (Wildman–Crippen LogP) is 4.62. The molecule has 0 aliphatic carbocycles. The quantitative estimate of drug-likeness (QED) is 0.540. The van der Waals surface area contributed by atoms with E-state index in [1.165, 1.54) is 11.3 Å². The number of anilines is 1. The highest BCUT2D eigenvalue weighted by Crippen LogP contribution is 2.39. The monoisotopic (exact) mass is 381 g/mol. The summed E-state index contributed by atoms with van der Waals surface area (Å²) in [5.74, 6) is 0. The maximum atomic E-state index is 11.8. The molecule has 0 radical (unpaired) electrons. The third kappa shape index (κ3) is 3.29. The van der Waals surface area contributed by atoms with Gasteiger partial charge in [-0.2, -0.15) is 0 Å². The molecule has 0 spiro atoms. The number of hydrogen-bond acceptors (Lipinski definition) is 6. The van der Waals surface area contributed by atoms with Gasteiger partial charge in [0.2, 0.25) is 0 Å². The number of carbonyl (C=O) groups is 1. The number of benzene rings is 1. The summed E-state index contributed by atoms with van der Waals surface area (Å²) in [5, 5.41) is 6.08. The van der Waals surface area contributed by atoms with Crippen LogP contribution in [-0.4, -0.2) is 27.5 Å². The van der Waals surface area contributed by atoms with Crippen molar-refractivity contribution >= 4 is 44.1 Å². The number of nitrogens with zero attached hydrogens (tertiary/aromatic N) is 3. The van der Waals surface area contributed by atoms with Crippen molar-refractivity contribution in [2.45, 2.75) is 6.92 Å². The van der Waals surface area contributed by atoms with Gasteiger partial charge in [-0.25, -0.2) is 9.78 Å². The van der Waals surface area contributed by atoms with Crippen LogP contribution < -0.4 is 10.6 Å². The molecule has 3 aromatic heterocycles. The molecular weight excluding hydrogens is 366 g/mol. The maximum Gasteiger partial charge on any atom is 0.321 e. The standard InChI is InChI=1S/C18H15N5OS2/c1-2-21-17(24)23-18-22-14-7-12(11-4-3-5-19-8-11)6-13(16(14)26-18)15-9-20-10-25-15/h3-10H,2H2,1H3,(H2,21,22,23,24). The lowest BCUT2D eigenvalue weighted by atomic mass is 10.0. The number of nitrogens with one attached hydrogen (secondary N) is 2. The second-order valence-electron chi connectivity index (χ2n) is 5.48. The largest absolute Gasteiger partial charge is 0.338 e. The van der Waals surface area contributed by atoms with Crippen molar-refractivity contribution in [2.24, 2.45) is 0 Å². The molecule has 0 aliphatic heterocycles. The van der Waals surface area contributed by atoms with Crippen LogP contribution in [-0.2, 0) is 0 Å². The Balaban J connectivity index is 1.85. The first-order chi connectivity index (χ1) is 12.7. The molecule has 4 aromatic rings. The molecule has 1 aromatic carbocycles. The van der Waals surface area contributed by atoms with Crippen molar-refractivity contribution in [3.8, 4) is 21.6 Å². The minimum atomic E-state index is -0.252. The van der Waals surface area contributed by atoms with Crippen molar-refractivity contribution in [3.63, 3.8) is 0 Å². The smallest absolute Gasteiger partial charge is 0.321 e. The van der Waals surface area contributed by atoms with Crippen LogP contribution in [0.2, 0.25) is 0 Å². The maximum absolute atomic E-state index is 11.8. The molecule has 8 heteroatoms. The van der Waals surface area contributed by atoms with Crippen LogP contribution in [0.15, 0.2) is 48.4 Å². The fourth-order valence-electron chi connectivity index (χ4n) is 2.62. The summed E-state index contributed by atoms with van der Waals surface area (Å²) in [7, 11) is 0. The number of urea groups is 1. The highest BCUT2D eigenvalue weighted by Gasteiger charge is 2.15. The molecule has 6 nitrogen and oxygen atoms in total. The molecule has 0 fully saturated rings. The Morgan fingerprint density at radius 2 is 2.12 bits per heavy atom. The minimum absolute atomic E-state index is 0.252. The zero-order chi connectivity index (χ0) is 17.9. The minimum Gasteiger partial charge on any atom is -0.338 e. The van der Waals surface area contributed by atoms with Crippen LogP contribution in [0.3, 0.4) is 0 Å². The van der Waals surface area contributed by atoms with Crippen molar-refractivity contribution in [3.05, 3.63) is 48.4 Å². The fraction of sp³-hybridized carbons (Fsp3) is 0.111. The number of amides is 2. The average molecular weight is 381 g/mol. The van der Waals surface area contributed by atoms with E-state index in [1.807, 2.05) is 43.0 Å². The van der Waals surface area contributed by atoms with E-state index >= 15 is 0 Å². The second-order valence-corrected chi connectivity index (χ2v) is 7.37. The fourth-order valence-corrected chi connectivity index (χ4v) is 4.30. The van der Waals surface area contributed by atoms with Crippen LogP contribution in [0.1, 0.15) is 6.92 Å². The number of carbonyl (C=O) groups excluding carboxylic acids is 1. The summed E-state index contributed by atoms with van der Waals surface area (Å²) in [5.41, 5.74) is 5.76. The summed E-state index contributed by atoms with van der Waals surface area (Å²) in [4.78, 5) is 25.9. The van der Waals surface area contributed by atoms with Gasteiger partial charge < -0.3 is 5.32 Å². The number of fused-ring (bicyclic) bond motifs is 1. The number of thiazole rings is 2. The summed E-state index contributed by atoms with van der Waals surface area (Å²) in [6, 6.07) is 7.83. The van der Waals surface area contributed by atoms with E-state index in [1.54, 1.807) is 17.5 Å². The first kappa shape index (κ1) is 16.6. The zero-order valence-electron chi connectivity index (χ0n) is 13.9. The van der Waals surface area contributed by atoms with Crippen molar-refractivity contribution in [1.82, 2.24) is 20.3 Å². The van der Waals surface area contributed by atoms with Gasteiger partial charge in [-0.15, -0.1) is 11.3 Å². The van der Waals surface area contributed by atoms with Crippen LogP contribution in [0.5, 0.6) is 0 Å². The molecule has 0 atom stereocenters. The highest BCUT2D eigenvalue weighted by molar-refractivity contribution is 7.23. The van der Waals surface area contributed by atoms with E-state index in [9.17, 15) is 4.79 Å². The van der Waals surface area contributed by atoms with Gasteiger partial charge in [-0.1, -0.05) is 17.4 Å². The highest BCUT2D eigenvalue weighted by atomic mass is 32.1. The van der Waals surface area contributed by atoms with Gasteiger partial charge in [0, 0.05) is 36.3 Å². The third-order valence-corrected chi connectivity index (χ3v) is 5.57. The predicted molar refractivity (Wildman–Crippen MR) is 107 cm³/mol. The second kappa shape index (κ2) is 7.19. The summed E-state index contributed by atoms with van der Waals surface area (Å²) in [6.07, 6.45) is 5.43. The van der Waals surface area contributed by atoms with E-state index in [0.29, 0.717) is 11.7 Å². The lowest BCUT2D eigenvalue weighted by Crippen LogP contribution is -2.28. The van der Waals surface area contributed by atoms with Gasteiger partial charge >= 0.3 is 6.03 Å². The lowest BCUT2D eigenvalue weighted by Gasteiger charge is -2.05. The summed E-state index contributed by atoms with van der Waals surface area (Å²) < 4.78 is 1.02. The van der Waals surface area contributed by atoms with Crippen LogP contribution in [0, 0.1) is 0 Å².